The first-order chi connectivity index (χ1) is 7.41. The normalized spacial score (nSPS) is 31.8. The summed E-state index contributed by atoms with van der Waals surface area (Å²) < 4.78 is 5.08. The smallest absolute Gasteiger partial charge is 0.302 e. The molecule has 16 heavy (non-hydrogen) atoms. The number of nitrogens with zero attached hydrogens (tertiary/aromatic N) is 1. The van der Waals surface area contributed by atoms with Gasteiger partial charge in [0.25, 0.3) is 0 Å². The van der Waals surface area contributed by atoms with Crippen molar-refractivity contribution < 1.29 is 14.5 Å². The lowest BCUT2D eigenvalue weighted by molar-refractivity contribution is -0.538. The second kappa shape index (κ2) is 5.27. The SMILES string of the molecule is CC(=O)OC(C)C1CC(C)CCC1[N+](=O)[O-]. The molecule has 0 aromatic heterocycles. The highest BCUT2D eigenvalue weighted by Crippen LogP contribution is 2.33. The summed E-state index contributed by atoms with van der Waals surface area (Å²) in [6, 6.07) is -0.564. The summed E-state index contributed by atoms with van der Waals surface area (Å²) in [6.07, 6.45) is 1.87. The molecule has 92 valence electrons. The van der Waals surface area contributed by atoms with Gasteiger partial charge in [-0.25, -0.2) is 0 Å². The molecule has 0 saturated heterocycles. The van der Waals surface area contributed by atoms with Gasteiger partial charge in [-0.2, -0.15) is 0 Å². The lowest BCUT2D eigenvalue weighted by atomic mass is 9.76. The molecule has 0 radical (unpaired) electrons. The van der Waals surface area contributed by atoms with Gasteiger partial charge in [-0.3, -0.25) is 14.9 Å². The summed E-state index contributed by atoms with van der Waals surface area (Å²) in [5, 5.41) is 10.9. The average Bonchev–Trinajstić information content (AvgIpc) is 2.15. The molecule has 1 fully saturated rings. The van der Waals surface area contributed by atoms with Gasteiger partial charge in [-0.15, -0.1) is 0 Å². The Labute approximate surface area is 95.3 Å². The van der Waals surface area contributed by atoms with E-state index in [1.807, 2.05) is 0 Å². The fourth-order valence-corrected chi connectivity index (χ4v) is 2.52. The number of esters is 1. The Bertz CT molecular complexity index is 279. The van der Waals surface area contributed by atoms with Crippen LogP contribution in [0.25, 0.3) is 0 Å². The molecule has 0 aromatic rings. The lowest BCUT2D eigenvalue weighted by Crippen LogP contribution is -2.41. The predicted octanol–water partition coefficient (Wildman–Crippen LogP) is 2.02. The topological polar surface area (TPSA) is 69.4 Å². The fourth-order valence-electron chi connectivity index (χ4n) is 2.52. The molecule has 5 nitrogen and oxygen atoms in total. The Balaban J connectivity index is 2.70. The largest absolute Gasteiger partial charge is 0.462 e. The van der Waals surface area contributed by atoms with Crippen molar-refractivity contribution in [3.05, 3.63) is 10.1 Å². The maximum Gasteiger partial charge on any atom is 0.302 e. The third kappa shape index (κ3) is 3.18. The molecule has 0 spiro atoms. The highest BCUT2D eigenvalue weighted by Gasteiger charge is 2.41. The molecule has 1 saturated carbocycles. The van der Waals surface area contributed by atoms with Crippen molar-refractivity contribution >= 4 is 5.97 Å². The van der Waals surface area contributed by atoms with Crippen LogP contribution in [-0.2, 0) is 9.53 Å². The summed E-state index contributed by atoms with van der Waals surface area (Å²) in [4.78, 5) is 21.6. The van der Waals surface area contributed by atoms with Crippen molar-refractivity contribution in [1.82, 2.24) is 0 Å². The summed E-state index contributed by atoms with van der Waals surface area (Å²) in [7, 11) is 0. The van der Waals surface area contributed by atoms with E-state index in [1.54, 1.807) is 6.92 Å². The minimum absolute atomic E-state index is 0.150. The Kier molecular flexibility index (Phi) is 4.26. The van der Waals surface area contributed by atoms with Gasteiger partial charge < -0.3 is 4.74 Å². The van der Waals surface area contributed by atoms with E-state index in [0.29, 0.717) is 12.3 Å². The van der Waals surface area contributed by atoms with Crippen molar-refractivity contribution in [2.45, 2.75) is 52.2 Å². The van der Waals surface area contributed by atoms with Crippen molar-refractivity contribution in [2.75, 3.05) is 0 Å². The minimum atomic E-state index is -0.564. The van der Waals surface area contributed by atoms with E-state index in [0.717, 1.165) is 12.8 Å². The van der Waals surface area contributed by atoms with Gasteiger partial charge in [-0.1, -0.05) is 6.92 Å². The number of ether oxygens (including phenoxy) is 1. The fraction of sp³-hybridized carbons (Fsp3) is 0.909. The summed E-state index contributed by atoms with van der Waals surface area (Å²) in [5.74, 6) is -0.0466. The molecule has 4 unspecified atom stereocenters. The van der Waals surface area contributed by atoms with Gasteiger partial charge in [0.2, 0.25) is 6.04 Å². The standard InChI is InChI=1S/C11H19NO4/c1-7-4-5-11(12(14)15)10(6-7)8(2)16-9(3)13/h7-8,10-11H,4-6H2,1-3H3. The van der Waals surface area contributed by atoms with E-state index in [4.69, 9.17) is 4.74 Å². The molecule has 0 heterocycles. The lowest BCUT2D eigenvalue weighted by Gasteiger charge is -2.32. The van der Waals surface area contributed by atoms with Crippen molar-refractivity contribution in [3.8, 4) is 0 Å². The van der Waals surface area contributed by atoms with E-state index in [2.05, 4.69) is 6.92 Å². The zero-order valence-corrected chi connectivity index (χ0v) is 10.0. The van der Waals surface area contributed by atoms with Gasteiger partial charge in [-0.05, 0) is 25.7 Å². The van der Waals surface area contributed by atoms with Crippen molar-refractivity contribution in [3.63, 3.8) is 0 Å². The van der Waals surface area contributed by atoms with Gasteiger partial charge in [0.05, 0.1) is 5.92 Å². The number of carbonyl (C=O) groups is 1. The number of hydrogen-bond acceptors (Lipinski definition) is 4. The van der Waals surface area contributed by atoms with E-state index in [9.17, 15) is 14.9 Å². The predicted molar refractivity (Wildman–Crippen MR) is 58.5 cm³/mol. The Hall–Kier alpha value is -1.13. The third-order valence-corrected chi connectivity index (χ3v) is 3.35. The molecule has 1 aliphatic rings. The minimum Gasteiger partial charge on any atom is -0.462 e. The molecule has 4 atom stereocenters. The first-order valence-corrected chi connectivity index (χ1v) is 5.72. The van der Waals surface area contributed by atoms with Crippen LogP contribution in [0, 0.1) is 22.0 Å². The molecule has 0 bridgehead atoms. The zero-order valence-electron chi connectivity index (χ0n) is 10.0. The second-order valence-electron chi connectivity index (χ2n) is 4.75. The number of hydrogen-bond donors (Lipinski definition) is 0. The summed E-state index contributed by atoms with van der Waals surface area (Å²) in [6.45, 7) is 5.17. The van der Waals surface area contributed by atoms with E-state index in [-0.39, 0.29) is 22.9 Å². The molecule has 0 N–H and O–H groups in total. The molecule has 5 heteroatoms. The summed E-state index contributed by atoms with van der Waals surface area (Å²) >= 11 is 0. The van der Waals surface area contributed by atoms with Gasteiger partial charge in [0.15, 0.2) is 0 Å². The van der Waals surface area contributed by atoms with E-state index < -0.39 is 6.04 Å². The number of carbonyl (C=O) groups excluding carboxylic acids is 1. The number of nitro groups is 1. The highest BCUT2D eigenvalue weighted by molar-refractivity contribution is 5.66. The highest BCUT2D eigenvalue weighted by atomic mass is 16.6. The second-order valence-corrected chi connectivity index (χ2v) is 4.75. The van der Waals surface area contributed by atoms with Crippen LogP contribution in [0.4, 0.5) is 0 Å². The quantitative estimate of drug-likeness (QED) is 0.421. The molecular formula is C11H19NO4. The maximum atomic E-state index is 10.9. The van der Waals surface area contributed by atoms with Crippen LogP contribution in [0.5, 0.6) is 0 Å². The van der Waals surface area contributed by atoms with Crippen LogP contribution in [0.1, 0.15) is 40.0 Å². The zero-order chi connectivity index (χ0) is 12.3. The first kappa shape index (κ1) is 12.9. The van der Waals surface area contributed by atoms with Crippen molar-refractivity contribution in [2.24, 2.45) is 11.8 Å². The van der Waals surface area contributed by atoms with Crippen LogP contribution in [0.15, 0.2) is 0 Å². The monoisotopic (exact) mass is 229 g/mol. The van der Waals surface area contributed by atoms with Gasteiger partial charge in [0.1, 0.15) is 6.10 Å². The molecule has 0 aromatic carbocycles. The van der Waals surface area contributed by atoms with E-state index >= 15 is 0 Å². The van der Waals surface area contributed by atoms with Crippen LogP contribution < -0.4 is 0 Å². The van der Waals surface area contributed by atoms with Gasteiger partial charge in [0, 0.05) is 18.3 Å². The van der Waals surface area contributed by atoms with Crippen molar-refractivity contribution in [1.29, 1.82) is 0 Å². The number of rotatable bonds is 3. The Morgan fingerprint density at radius 1 is 1.50 bits per heavy atom. The molecule has 1 aliphatic carbocycles. The first-order valence-electron chi connectivity index (χ1n) is 5.72. The summed E-state index contributed by atoms with van der Waals surface area (Å²) in [5.41, 5.74) is 0. The Morgan fingerprint density at radius 3 is 2.62 bits per heavy atom. The maximum absolute atomic E-state index is 10.9. The molecule has 0 aliphatic heterocycles. The third-order valence-electron chi connectivity index (χ3n) is 3.35. The molecule has 1 rings (SSSR count). The van der Waals surface area contributed by atoms with E-state index in [1.165, 1.54) is 6.92 Å². The van der Waals surface area contributed by atoms with Crippen LogP contribution >= 0.6 is 0 Å². The van der Waals surface area contributed by atoms with Crippen LogP contribution in [-0.4, -0.2) is 23.0 Å². The molecule has 0 amide bonds. The van der Waals surface area contributed by atoms with Crippen LogP contribution in [0.2, 0.25) is 0 Å². The van der Waals surface area contributed by atoms with Gasteiger partial charge >= 0.3 is 5.97 Å². The van der Waals surface area contributed by atoms with Crippen LogP contribution in [0.3, 0.4) is 0 Å². The average molecular weight is 229 g/mol. The Morgan fingerprint density at radius 2 is 2.12 bits per heavy atom. The molecular weight excluding hydrogens is 210 g/mol.